The summed E-state index contributed by atoms with van der Waals surface area (Å²) >= 11 is 3.72. The van der Waals surface area contributed by atoms with E-state index in [-0.39, 0.29) is 16.1 Å². The fourth-order valence-electron chi connectivity index (χ4n) is 2.73. The maximum atomic E-state index is 14.3. The van der Waals surface area contributed by atoms with E-state index < -0.39 is 0 Å². The number of methoxy groups -OCH3 is 1. The standard InChI is InChI=1S/C17H16BrFO/c1-20-13-7-8-14(15(19)11-13)16(18)17(9-10-17)12-5-3-2-4-6-12/h2-8,11,16H,9-10H2,1H3. The predicted molar refractivity (Wildman–Crippen MR) is 82.0 cm³/mol. The monoisotopic (exact) mass is 334 g/mol. The van der Waals surface area contributed by atoms with Gasteiger partial charge in [0, 0.05) is 17.0 Å². The van der Waals surface area contributed by atoms with E-state index in [2.05, 4.69) is 28.1 Å². The first-order chi connectivity index (χ1) is 9.67. The van der Waals surface area contributed by atoms with Gasteiger partial charge < -0.3 is 4.74 Å². The summed E-state index contributed by atoms with van der Waals surface area (Å²) in [5, 5.41) is 0. The van der Waals surface area contributed by atoms with Crippen molar-refractivity contribution in [1.82, 2.24) is 0 Å². The van der Waals surface area contributed by atoms with Gasteiger partial charge in [-0.1, -0.05) is 52.3 Å². The molecule has 1 fully saturated rings. The van der Waals surface area contributed by atoms with Crippen molar-refractivity contribution < 1.29 is 9.13 Å². The van der Waals surface area contributed by atoms with Crippen LogP contribution in [0.25, 0.3) is 0 Å². The van der Waals surface area contributed by atoms with Crippen LogP contribution in [0.1, 0.15) is 28.8 Å². The van der Waals surface area contributed by atoms with E-state index in [4.69, 9.17) is 4.74 Å². The van der Waals surface area contributed by atoms with Crippen molar-refractivity contribution >= 4 is 15.9 Å². The minimum absolute atomic E-state index is 0.0108. The molecule has 0 bridgehead atoms. The molecule has 0 N–H and O–H groups in total. The third-order valence-corrected chi connectivity index (χ3v) is 5.47. The molecule has 1 atom stereocenters. The normalized spacial score (nSPS) is 17.6. The van der Waals surface area contributed by atoms with Gasteiger partial charge in [-0.2, -0.15) is 0 Å². The fourth-order valence-corrected chi connectivity index (χ4v) is 3.82. The molecule has 20 heavy (non-hydrogen) atoms. The SMILES string of the molecule is COc1ccc(C(Br)C2(c3ccccc3)CC2)c(F)c1. The summed E-state index contributed by atoms with van der Waals surface area (Å²) in [5.74, 6) is 0.337. The maximum absolute atomic E-state index is 14.3. The van der Waals surface area contributed by atoms with Crippen LogP contribution < -0.4 is 4.74 Å². The van der Waals surface area contributed by atoms with Crippen molar-refractivity contribution in [2.24, 2.45) is 0 Å². The van der Waals surface area contributed by atoms with Gasteiger partial charge in [-0.15, -0.1) is 0 Å². The van der Waals surface area contributed by atoms with Crippen LogP contribution in [0.4, 0.5) is 4.39 Å². The van der Waals surface area contributed by atoms with Gasteiger partial charge in [-0.25, -0.2) is 4.39 Å². The summed E-state index contributed by atoms with van der Waals surface area (Å²) in [5.41, 5.74) is 2.00. The molecular formula is C17H16BrFO. The lowest BCUT2D eigenvalue weighted by molar-refractivity contribution is 0.410. The maximum Gasteiger partial charge on any atom is 0.131 e. The first-order valence-electron chi connectivity index (χ1n) is 6.70. The number of alkyl halides is 1. The van der Waals surface area contributed by atoms with Crippen molar-refractivity contribution in [2.75, 3.05) is 7.11 Å². The highest BCUT2D eigenvalue weighted by molar-refractivity contribution is 9.09. The Morgan fingerprint density at radius 2 is 1.85 bits per heavy atom. The van der Waals surface area contributed by atoms with Gasteiger partial charge in [0.15, 0.2) is 0 Å². The minimum Gasteiger partial charge on any atom is -0.497 e. The number of rotatable bonds is 4. The fraction of sp³-hybridized carbons (Fsp3) is 0.294. The minimum atomic E-state index is -0.214. The molecule has 0 radical (unpaired) electrons. The number of halogens is 2. The lowest BCUT2D eigenvalue weighted by Gasteiger charge is -2.23. The van der Waals surface area contributed by atoms with Gasteiger partial charge in [-0.05, 0) is 24.5 Å². The first kappa shape index (κ1) is 13.6. The topological polar surface area (TPSA) is 9.23 Å². The number of benzene rings is 2. The van der Waals surface area contributed by atoms with E-state index in [1.807, 2.05) is 30.3 Å². The zero-order valence-electron chi connectivity index (χ0n) is 11.3. The molecule has 1 aliphatic rings. The second-order valence-electron chi connectivity index (χ2n) is 5.27. The number of hydrogen-bond acceptors (Lipinski definition) is 1. The van der Waals surface area contributed by atoms with Crippen molar-refractivity contribution in [1.29, 1.82) is 0 Å². The van der Waals surface area contributed by atoms with Crippen molar-refractivity contribution in [3.8, 4) is 5.75 Å². The summed E-state index contributed by atoms with van der Waals surface area (Å²) in [6.45, 7) is 0. The zero-order valence-corrected chi connectivity index (χ0v) is 12.9. The largest absolute Gasteiger partial charge is 0.497 e. The summed E-state index contributed by atoms with van der Waals surface area (Å²) in [6.07, 6.45) is 2.16. The van der Waals surface area contributed by atoms with Crippen molar-refractivity contribution in [3.05, 3.63) is 65.5 Å². The van der Waals surface area contributed by atoms with Crippen LogP contribution in [0, 0.1) is 5.82 Å². The predicted octanol–water partition coefficient (Wildman–Crippen LogP) is 5.00. The summed E-state index contributed by atoms with van der Waals surface area (Å²) in [7, 11) is 1.55. The van der Waals surface area contributed by atoms with E-state index in [0.29, 0.717) is 11.3 Å². The van der Waals surface area contributed by atoms with Gasteiger partial charge in [0.05, 0.1) is 11.9 Å². The second kappa shape index (κ2) is 5.21. The molecule has 3 heteroatoms. The smallest absolute Gasteiger partial charge is 0.131 e. The Morgan fingerprint density at radius 3 is 2.40 bits per heavy atom. The van der Waals surface area contributed by atoms with E-state index in [0.717, 1.165) is 12.8 Å². The molecule has 0 heterocycles. The van der Waals surface area contributed by atoms with Crippen molar-refractivity contribution in [2.45, 2.75) is 23.1 Å². The number of hydrogen-bond donors (Lipinski definition) is 0. The van der Waals surface area contributed by atoms with Crippen LogP contribution in [0.5, 0.6) is 5.75 Å². The molecule has 1 aliphatic carbocycles. The highest BCUT2D eigenvalue weighted by atomic mass is 79.9. The highest BCUT2D eigenvalue weighted by Gasteiger charge is 2.50. The molecule has 1 saturated carbocycles. The molecule has 0 aliphatic heterocycles. The lowest BCUT2D eigenvalue weighted by atomic mass is 9.88. The third kappa shape index (κ3) is 2.24. The quantitative estimate of drug-likeness (QED) is 0.714. The average molecular weight is 335 g/mol. The zero-order chi connectivity index (χ0) is 14.2. The summed E-state index contributed by atoms with van der Waals surface area (Å²) in [6, 6.07) is 15.4. The average Bonchev–Trinajstić information content (AvgIpc) is 3.29. The van der Waals surface area contributed by atoms with Crippen LogP contribution in [0.2, 0.25) is 0 Å². The highest BCUT2D eigenvalue weighted by Crippen LogP contribution is 2.60. The molecule has 0 aromatic heterocycles. The Balaban J connectivity index is 1.95. The Morgan fingerprint density at radius 1 is 1.15 bits per heavy atom. The third-order valence-electron chi connectivity index (χ3n) is 4.10. The van der Waals surface area contributed by atoms with Crippen LogP contribution in [0.3, 0.4) is 0 Å². The number of ether oxygens (including phenoxy) is 1. The summed E-state index contributed by atoms with van der Waals surface area (Å²) in [4.78, 5) is -0.0108. The van der Waals surface area contributed by atoms with Gasteiger partial charge in [-0.3, -0.25) is 0 Å². The first-order valence-corrected chi connectivity index (χ1v) is 7.62. The Bertz CT molecular complexity index is 608. The van der Waals surface area contributed by atoms with Gasteiger partial charge in [0.25, 0.3) is 0 Å². The Labute approximate surface area is 126 Å². The molecule has 1 unspecified atom stereocenters. The van der Waals surface area contributed by atoms with E-state index in [1.165, 1.54) is 11.6 Å². The van der Waals surface area contributed by atoms with Gasteiger partial charge in [0.2, 0.25) is 0 Å². The molecule has 3 rings (SSSR count). The lowest BCUT2D eigenvalue weighted by Crippen LogP contribution is -2.14. The van der Waals surface area contributed by atoms with Crippen molar-refractivity contribution in [3.63, 3.8) is 0 Å². The molecule has 104 valence electrons. The van der Waals surface area contributed by atoms with Gasteiger partial charge in [0.1, 0.15) is 11.6 Å². The Kier molecular flexibility index (Phi) is 3.55. The molecule has 0 spiro atoms. The second-order valence-corrected chi connectivity index (χ2v) is 6.19. The summed E-state index contributed by atoms with van der Waals surface area (Å²) < 4.78 is 19.3. The molecule has 0 saturated heterocycles. The molecular weight excluding hydrogens is 319 g/mol. The van der Waals surface area contributed by atoms with Crippen LogP contribution in [-0.2, 0) is 5.41 Å². The van der Waals surface area contributed by atoms with E-state index in [1.54, 1.807) is 7.11 Å². The van der Waals surface area contributed by atoms with Crippen LogP contribution >= 0.6 is 15.9 Å². The van der Waals surface area contributed by atoms with E-state index in [9.17, 15) is 4.39 Å². The van der Waals surface area contributed by atoms with Crippen LogP contribution in [-0.4, -0.2) is 7.11 Å². The molecule has 0 amide bonds. The Hall–Kier alpha value is -1.35. The molecule has 2 aromatic carbocycles. The van der Waals surface area contributed by atoms with Crippen LogP contribution in [0.15, 0.2) is 48.5 Å². The van der Waals surface area contributed by atoms with E-state index >= 15 is 0 Å². The molecule has 2 aromatic rings. The van der Waals surface area contributed by atoms with Gasteiger partial charge >= 0.3 is 0 Å². The molecule has 1 nitrogen and oxygen atoms in total.